The number of ether oxygens (including phenoxy) is 1. The first-order chi connectivity index (χ1) is 13.3. The Morgan fingerprint density at radius 1 is 1.25 bits per heavy atom. The van der Waals surface area contributed by atoms with Crippen molar-refractivity contribution >= 4 is 50.5 Å². The van der Waals surface area contributed by atoms with Gasteiger partial charge in [0.05, 0.1) is 25.7 Å². The molecule has 0 radical (unpaired) electrons. The van der Waals surface area contributed by atoms with Crippen LogP contribution >= 0.6 is 34.5 Å². The molecule has 3 rings (SSSR count). The number of morpholine rings is 1. The zero-order chi connectivity index (χ0) is 20.3. The number of thiophene rings is 1. The lowest BCUT2D eigenvalue weighted by Gasteiger charge is -2.25. The largest absolute Gasteiger partial charge is 0.379 e. The van der Waals surface area contributed by atoms with Crippen LogP contribution in [0.15, 0.2) is 34.5 Å². The number of benzene rings is 1. The van der Waals surface area contributed by atoms with Crippen LogP contribution in [0, 0.1) is 0 Å². The van der Waals surface area contributed by atoms with Gasteiger partial charge in [0, 0.05) is 28.0 Å². The molecule has 0 spiro atoms. The van der Waals surface area contributed by atoms with Crippen LogP contribution < -0.4 is 5.32 Å². The molecule has 0 unspecified atom stereocenters. The van der Waals surface area contributed by atoms with Crippen LogP contribution in [0.25, 0.3) is 0 Å². The number of halogens is 2. The van der Waals surface area contributed by atoms with E-state index in [0.29, 0.717) is 41.2 Å². The maximum Gasteiger partial charge on any atom is 0.252 e. The number of carbonyl (C=O) groups is 1. The Labute approximate surface area is 178 Å². The van der Waals surface area contributed by atoms with E-state index >= 15 is 0 Å². The number of sulfonamides is 1. The van der Waals surface area contributed by atoms with Crippen molar-refractivity contribution in [2.45, 2.75) is 23.6 Å². The Hall–Kier alpha value is -1.16. The van der Waals surface area contributed by atoms with Crippen molar-refractivity contribution in [1.82, 2.24) is 9.62 Å². The van der Waals surface area contributed by atoms with Crippen molar-refractivity contribution in [3.05, 3.63) is 50.8 Å². The van der Waals surface area contributed by atoms with Gasteiger partial charge in [0.2, 0.25) is 5.91 Å². The van der Waals surface area contributed by atoms with Crippen molar-refractivity contribution in [3.63, 3.8) is 0 Å². The zero-order valence-electron chi connectivity index (χ0n) is 15.2. The molecule has 10 heteroatoms. The van der Waals surface area contributed by atoms with Gasteiger partial charge in [0.25, 0.3) is 10.0 Å². The van der Waals surface area contributed by atoms with E-state index < -0.39 is 10.0 Å². The van der Waals surface area contributed by atoms with Crippen LogP contribution in [-0.2, 0) is 26.0 Å². The summed E-state index contributed by atoms with van der Waals surface area (Å²) in [6.07, 6.45) is 0.0961. The van der Waals surface area contributed by atoms with Crippen molar-refractivity contribution in [2.24, 2.45) is 0 Å². The van der Waals surface area contributed by atoms with Gasteiger partial charge in [-0.3, -0.25) is 4.79 Å². The lowest BCUT2D eigenvalue weighted by atomic mass is 10.1. The molecule has 1 amide bonds. The van der Waals surface area contributed by atoms with E-state index in [-0.39, 0.29) is 22.6 Å². The van der Waals surface area contributed by atoms with E-state index in [1.54, 1.807) is 30.3 Å². The predicted octanol–water partition coefficient (Wildman–Crippen LogP) is 3.50. The first kappa shape index (κ1) is 21.5. The molecule has 0 saturated carbocycles. The molecule has 1 atom stereocenters. The van der Waals surface area contributed by atoms with Gasteiger partial charge in [-0.05, 0) is 36.8 Å². The highest BCUT2D eigenvalue weighted by atomic mass is 35.5. The maximum atomic E-state index is 12.7. The summed E-state index contributed by atoms with van der Waals surface area (Å²) >= 11 is 13.2. The summed E-state index contributed by atoms with van der Waals surface area (Å²) in [5.74, 6) is -0.212. The Kier molecular flexibility index (Phi) is 7.01. The molecule has 0 aliphatic carbocycles. The molecule has 6 nitrogen and oxygen atoms in total. The normalized spacial score (nSPS) is 16.7. The van der Waals surface area contributed by atoms with Gasteiger partial charge < -0.3 is 10.1 Å². The number of amides is 1. The number of nitrogens with one attached hydrogen (secondary N) is 1. The highest BCUT2D eigenvalue weighted by Crippen LogP contribution is 2.28. The third kappa shape index (κ3) is 5.06. The van der Waals surface area contributed by atoms with E-state index in [1.807, 2.05) is 6.92 Å². The fraction of sp³-hybridized carbons (Fsp3) is 0.389. The van der Waals surface area contributed by atoms with Crippen molar-refractivity contribution in [3.8, 4) is 0 Å². The van der Waals surface area contributed by atoms with Crippen molar-refractivity contribution < 1.29 is 17.9 Å². The first-order valence-electron chi connectivity index (χ1n) is 8.68. The third-order valence-corrected chi connectivity index (χ3v) is 8.36. The molecule has 2 aromatic rings. The van der Waals surface area contributed by atoms with E-state index in [1.165, 1.54) is 4.31 Å². The monoisotopic (exact) mass is 462 g/mol. The fourth-order valence-corrected chi connectivity index (χ4v) is 6.38. The number of rotatable bonds is 6. The summed E-state index contributed by atoms with van der Waals surface area (Å²) in [7, 11) is -3.54. The van der Waals surface area contributed by atoms with Gasteiger partial charge in [0.1, 0.15) is 4.21 Å². The standard InChI is InChI=1S/C18H20Cl2N2O4S2/c1-12(15-4-2-13(19)10-16(15)20)21-17(23)11-14-3-5-18(27-14)28(24,25)22-6-8-26-9-7-22/h2-5,10,12H,6-9,11H2,1H3,(H,21,23)/t12-/m0/s1. The first-order valence-corrected chi connectivity index (χ1v) is 11.7. The molecule has 28 heavy (non-hydrogen) atoms. The quantitative estimate of drug-likeness (QED) is 0.712. The summed E-state index contributed by atoms with van der Waals surface area (Å²) in [4.78, 5) is 13.1. The lowest BCUT2D eigenvalue weighted by Crippen LogP contribution is -2.40. The average Bonchev–Trinajstić information content (AvgIpc) is 3.11. The molecule has 1 aromatic heterocycles. The highest BCUT2D eigenvalue weighted by molar-refractivity contribution is 7.91. The second-order valence-electron chi connectivity index (χ2n) is 6.37. The molecule has 1 aromatic carbocycles. The molecule has 1 aliphatic heterocycles. The second-order valence-corrected chi connectivity index (χ2v) is 10.5. The summed E-state index contributed by atoms with van der Waals surface area (Å²) < 4.78 is 32.2. The minimum Gasteiger partial charge on any atom is -0.379 e. The van der Waals surface area contributed by atoms with Crippen LogP contribution in [0.4, 0.5) is 0 Å². The van der Waals surface area contributed by atoms with Crippen LogP contribution in [0.1, 0.15) is 23.4 Å². The lowest BCUT2D eigenvalue weighted by molar-refractivity contribution is -0.121. The van der Waals surface area contributed by atoms with E-state index in [9.17, 15) is 13.2 Å². The minimum absolute atomic E-state index is 0.0961. The van der Waals surface area contributed by atoms with Crippen LogP contribution in [-0.4, -0.2) is 44.9 Å². The highest BCUT2D eigenvalue weighted by Gasteiger charge is 2.28. The van der Waals surface area contributed by atoms with Crippen LogP contribution in [0.2, 0.25) is 10.0 Å². The molecular formula is C18H20Cl2N2O4S2. The smallest absolute Gasteiger partial charge is 0.252 e. The topological polar surface area (TPSA) is 75.7 Å². The van der Waals surface area contributed by atoms with Gasteiger partial charge in [-0.15, -0.1) is 11.3 Å². The number of hydrogen-bond acceptors (Lipinski definition) is 5. The summed E-state index contributed by atoms with van der Waals surface area (Å²) in [6, 6.07) is 8.05. The Bertz CT molecular complexity index is 956. The number of nitrogens with zero attached hydrogens (tertiary/aromatic N) is 1. The molecule has 2 heterocycles. The molecule has 1 N–H and O–H groups in total. The summed E-state index contributed by atoms with van der Waals surface area (Å²) in [5, 5.41) is 3.89. The molecule has 1 fully saturated rings. The SMILES string of the molecule is C[C@H](NC(=O)Cc1ccc(S(=O)(=O)N2CCOCC2)s1)c1ccc(Cl)cc1Cl. The van der Waals surface area contributed by atoms with Gasteiger partial charge in [0.15, 0.2) is 0 Å². The molecule has 1 saturated heterocycles. The Morgan fingerprint density at radius 3 is 2.64 bits per heavy atom. The van der Waals surface area contributed by atoms with E-state index in [4.69, 9.17) is 27.9 Å². The molecule has 152 valence electrons. The predicted molar refractivity (Wildman–Crippen MR) is 111 cm³/mol. The summed E-state index contributed by atoms with van der Waals surface area (Å²) in [6.45, 7) is 3.30. The Morgan fingerprint density at radius 2 is 1.96 bits per heavy atom. The summed E-state index contributed by atoms with van der Waals surface area (Å²) in [5.41, 5.74) is 0.765. The van der Waals surface area contributed by atoms with Crippen molar-refractivity contribution in [1.29, 1.82) is 0 Å². The van der Waals surface area contributed by atoms with E-state index in [0.717, 1.165) is 16.9 Å². The number of hydrogen-bond donors (Lipinski definition) is 1. The maximum absolute atomic E-state index is 12.7. The molecular weight excluding hydrogens is 443 g/mol. The minimum atomic E-state index is -3.54. The van der Waals surface area contributed by atoms with Gasteiger partial charge in [-0.2, -0.15) is 4.31 Å². The van der Waals surface area contributed by atoms with Gasteiger partial charge in [-0.1, -0.05) is 29.3 Å². The van der Waals surface area contributed by atoms with Gasteiger partial charge in [-0.25, -0.2) is 8.42 Å². The second kappa shape index (κ2) is 9.11. The van der Waals surface area contributed by atoms with Crippen LogP contribution in [0.5, 0.6) is 0 Å². The van der Waals surface area contributed by atoms with Crippen molar-refractivity contribution in [2.75, 3.05) is 26.3 Å². The zero-order valence-corrected chi connectivity index (χ0v) is 18.3. The average molecular weight is 463 g/mol. The van der Waals surface area contributed by atoms with Crippen LogP contribution in [0.3, 0.4) is 0 Å². The van der Waals surface area contributed by atoms with E-state index in [2.05, 4.69) is 5.32 Å². The Balaban J connectivity index is 1.63. The molecule has 0 bridgehead atoms. The number of carbonyl (C=O) groups excluding carboxylic acids is 1. The fourth-order valence-electron chi connectivity index (χ4n) is 2.89. The van der Waals surface area contributed by atoms with Gasteiger partial charge >= 0.3 is 0 Å². The third-order valence-electron chi connectivity index (χ3n) is 4.34. The molecule has 1 aliphatic rings.